The Morgan fingerprint density at radius 1 is 1.20 bits per heavy atom. The summed E-state index contributed by atoms with van der Waals surface area (Å²) in [4.78, 5) is 19.5. The molecule has 2 N–H and O–H groups in total. The summed E-state index contributed by atoms with van der Waals surface area (Å²) in [6.45, 7) is 5.60. The maximum atomic E-state index is 12.8. The number of ether oxygens (including phenoxy) is 1. The molecule has 0 spiro atoms. The van der Waals surface area contributed by atoms with Gasteiger partial charge in [-0.2, -0.15) is 0 Å². The van der Waals surface area contributed by atoms with Crippen LogP contribution in [0.15, 0.2) is 60.0 Å². The molecule has 1 amide bonds. The van der Waals surface area contributed by atoms with E-state index in [0.29, 0.717) is 31.1 Å². The molecule has 1 aromatic heterocycles. The summed E-state index contributed by atoms with van der Waals surface area (Å²) in [6.07, 6.45) is 4.06. The zero-order valence-electron chi connectivity index (χ0n) is 20.6. The van der Waals surface area contributed by atoms with E-state index >= 15 is 0 Å². The first-order valence-corrected chi connectivity index (χ1v) is 13.3. The number of piperidine rings is 1. The second-order valence-corrected chi connectivity index (χ2v) is 10.3. The van der Waals surface area contributed by atoms with Crippen molar-refractivity contribution in [2.24, 2.45) is 0 Å². The number of nitrogens with one attached hydrogen (secondary N) is 1. The Labute approximate surface area is 212 Å². The molecule has 1 aliphatic rings. The maximum absolute atomic E-state index is 12.8. The van der Waals surface area contributed by atoms with Gasteiger partial charge in [-0.3, -0.25) is 9.69 Å². The van der Waals surface area contributed by atoms with Crippen molar-refractivity contribution in [3.63, 3.8) is 0 Å². The number of aryl methyl sites for hydroxylation is 1. The van der Waals surface area contributed by atoms with Crippen LogP contribution in [-0.2, 0) is 4.79 Å². The minimum atomic E-state index is -0.893. The number of rotatable bonds is 10. The molecule has 0 unspecified atom stereocenters. The van der Waals surface area contributed by atoms with Gasteiger partial charge in [0, 0.05) is 24.0 Å². The van der Waals surface area contributed by atoms with Gasteiger partial charge < -0.3 is 15.2 Å². The summed E-state index contributed by atoms with van der Waals surface area (Å²) < 4.78 is 6.26. The molecule has 186 valence electrons. The van der Waals surface area contributed by atoms with Gasteiger partial charge in [0.15, 0.2) is 5.13 Å². The first-order valence-electron chi connectivity index (χ1n) is 12.4. The molecule has 1 fully saturated rings. The van der Waals surface area contributed by atoms with E-state index in [9.17, 15) is 9.90 Å². The highest BCUT2D eigenvalue weighted by Gasteiger charge is 2.43. The van der Waals surface area contributed by atoms with Gasteiger partial charge >= 0.3 is 0 Å². The number of benzene rings is 2. The standard InChI is InChI=1S/C28H35N3O3S/c1-3-4-8-15-28(33)16-17-31(18-25(28)34-23-9-6-5-7-10-23)19-26(32)30-27-29-24(20-35-27)22-13-11-21(2)12-14-22/h5-7,9-14,20,25,33H,3-4,8,15-19H2,1-2H3,(H,29,30,32)/t25-,28-/m0/s1. The van der Waals surface area contributed by atoms with Crippen LogP contribution in [0.5, 0.6) is 5.75 Å². The number of unbranched alkanes of at least 4 members (excludes halogenated alkanes) is 2. The smallest absolute Gasteiger partial charge is 0.240 e. The first-order chi connectivity index (χ1) is 16.9. The lowest BCUT2D eigenvalue weighted by atomic mass is 9.83. The number of likely N-dealkylation sites (tertiary alicyclic amines) is 1. The lowest BCUT2D eigenvalue weighted by molar-refractivity contribution is -0.127. The molecular weight excluding hydrogens is 458 g/mol. The average molecular weight is 494 g/mol. The van der Waals surface area contributed by atoms with Crippen molar-refractivity contribution in [2.75, 3.05) is 25.0 Å². The predicted octanol–water partition coefficient (Wildman–Crippen LogP) is 5.52. The Kier molecular flexibility index (Phi) is 8.55. The number of hydrogen-bond donors (Lipinski definition) is 2. The fourth-order valence-electron chi connectivity index (χ4n) is 4.48. The van der Waals surface area contributed by atoms with E-state index in [-0.39, 0.29) is 12.5 Å². The number of aromatic nitrogens is 1. The normalized spacial score (nSPS) is 20.5. The summed E-state index contributed by atoms with van der Waals surface area (Å²) in [6, 6.07) is 17.8. The van der Waals surface area contributed by atoms with Gasteiger partial charge in [-0.1, -0.05) is 74.2 Å². The topological polar surface area (TPSA) is 74.7 Å². The van der Waals surface area contributed by atoms with Crippen LogP contribution in [0.2, 0.25) is 0 Å². The molecule has 1 saturated heterocycles. The van der Waals surface area contributed by atoms with Crippen LogP contribution in [0.3, 0.4) is 0 Å². The van der Waals surface area contributed by atoms with Gasteiger partial charge in [0.25, 0.3) is 0 Å². The average Bonchev–Trinajstić information content (AvgIpc) is 3.31. The molecule has 2 heterocycles. The number of carbonyl (C=O) groups excluding carboxylic acids is 1. The molecule has 0 saturated carbocycles. The summed E-state index contributed by atoms with van der Waals surface area (Å²) in [5.41, 5.74) is 2.20. The van der Waals surface area contributed by atoms with E-state index in [1.807, 2.05) is 47.8 Å². The van der Waals surface area contributed by atoms with Gasteiger partial charge in [0.1, 0.15) is 17.5 Å². The lowest BCUT2D eigenvalue weighted by Gasteiger charge is -2.44. The Morgan fingerprint density at radius 2 is 1.97 bits per heavy atom. The quantitative estimate of drug-likeness (QED) is 0.364. The summed E-state index contributed by atoms with van der Waals surface area (Å²) in [5, 5.41) is 17.0. The van der Waals surface area contributed by atoms with E-state index in [1.54, 1.807) is 0 Å². The number of para-hydroxylation sites is 1. The van der Waals surface area contributed by atoms with Crippen LogP contribution >= 0.6 is 11.3 Å². The molecule has 4 rings (SSSR count). The van der Waals surface area contributed by atoms with Crippen molar-refractivity contribution in [1.82, 2.24) is 9.88 Å². The monoisotopic (exact) mass is 493 g/mol. The minimum Gasteiger partial charge on any atom is -0.486 e. The van der Waals surface area contributed by atoms with Crippen LogP contribution in [0.1, 0.15) is 44.6 Å². The van der Waals surface area contributed by atoms with Crippen molar-refractivity contribution in [1.29, 1.82) is 0 Å². The Hall–Kier alpha value is -2.74. The van der Waals surface area contributed by atoms with Gasteiger partial charge in [0.2, 0.25) is 5.91 Å². The number of aliphatic hydroxyl groups is 1. The zero-order valence-corrected chi connectivity index (χ0v) is 21.4. The molecule has 0 radical (unpaired) electrons. The van der Waals surface area contributed by atoms with Crippen molar-refractivity contribution in [3.8, 4) is 17.0 Å². The highest BCUT2D eigenvalue weighted by molar-refractivity contribution is 7.14. The van der Waals surface area contributed by atoms with E-state index in [2.05, 4.69) is 41.2 Å². The van der Waals surface area contributed by atoms with Gasteiger partial charge in [-0.15, -0.1) is 11.3 Å². The lowest BCUT2D eigenvalue weighted by Crippen LogP contribution is -2.58. The van der Waals surface area contributed by atoms with Crippen LogP contribution < -0.4 is 10.1 Å². The fourth-order valence-corrected chi connectivity index (χ4v) is 5.22. The van der Waals surface area contributed by atoms with Gasteiger partial charge in [-0.05, 0) is 31.9 Å². The van der Waals surface area contributed by atoms with Crippen LogP contribution in [-0.4, -0.2) is 52.2 Å². The van der Waals surface area contributed by atoms with Crippen molar-refractivity contribution in [3.05, 3.63) is 65.5 Å². The van der Waals surface area contributed by atoms with Gasteiger partial charge in [-0.25, -0.2) is 4.98 Å². The van der Waals surface area contributed by atoms with Crippen LogP contribution in [0, 0.1) is 6.92 Å². The largest absolute Gasteiger partial charge is 0.486 e. The number of thiazole rings is 1. The molecule has 6 nitrogen and oxygen atoms in total. The van der Waals surface area contributed by atoms with E-state index in [0.717, 1.165) is 36.3 Å². The minimum absolute atomic E-state index is 0.107. The fraction of sp³-hybridized carbons (Fsp3) is 0.429. The van der Waals surface area contributed by atoms with E-state index in [1.165, 1.54) is 16.9 Å². The van der Waals surface area contributed by atoms with Crippen molar-refractivity contribution < 1.29 is 14.6 Å². The number of hydrogen-bond acceptors (Lipinski definition) is 6. The summed E-state index contributed by atoms with van der Waals surface area (Å²) in [5.74, 6) is 0.633. The third kappa shape index (κ3) is 6.90. The van der Waals surface area contributed by atoms with Gasteiger partial charge in [0.05, 0.1) is 12.2 Å². The molecule has 0 bridgehead atoms. The Morgan fingerprint density at radius 3 is 2.71 bits per heavy atom. The molecule has 7 heteroatoms. The van der Waals surface area contributed by atoms with E-state index in [4.69, 9.17) is 4.74 Å². The number of amides is 1. The molecule has 1 aliphatic heterocycles. The molecule has 3 aromatic rings. The summed E-state index contributed by atoms with van der Waals surface area (Å²) >= 11 is 1.43. The zero-order chi connectivity index (χ0) is 24.7. The SMILES string of the molecule is CCCCC[C@]1(O)CCN(CC(=O)Nc2nc(-c3ccc(C)cc3)cs2)C[C@@H]1Oc1ccccc1. The maximum Gasteiger partial charge on any atom is 0.240 e. The van der Waals surface area contributed by atoms with Crippen molar-refractivity contribution >= 4 is 22.4 Å². The molecule has 2 atom stereocenters. The van der Waals surface area contributed by atoms with Crippen molar-refractivity contribution in [2.45, 2.75) is 57.7 Å². The Balaban J connectivity index is 1.37. The number of anilines is 1. The predicted molar refractivity (Wildman–Crippen MR) is 142 cm³/mol. The summed E-state index contributed by atoms with van der Waals surface area (Å²) in [7, 11) is 0. The highest BCUT2D eigenvalue weighted by Crippen LogP contribution is 2.32. The highest BCUT2D eigenvalue weighted by atomic mass is 32.1. The molecule has 35 heavy (non-hydrogen) atoms. The molecule has 2 aromatic carbocycles. The second-order valence-electron chi connectivity index (χ2n) is 9.42. The molecule has 0 aliphatic carbocycles. The molecular formula is C28H35N3O3S. The van der Waals surface area contributed by atoms with E-state index < -0.39 is 11.7 Å². The first kappa shape index (κ1) is 25.4. The Bertz CT molecular complexity index is 1090. The number of carbonyl (C=O) groups is 1. The van der Waals surface area contributed by atoms with Crippen LogP contribution in [0.4, 0.5) is 5.13 Å². The second kappa shape index (κ2) is 11.8. The van der Waals surface area contributed by atoms with Crippen LogP contribution in [0.25, 0.3) is 11.3 Å². The third-order valence-electron chi connectivity index (χ3n) is 6.58. The third-order valence-corrected chi connectivity index (χ3v) is 7.34. The number of nitrogens with zero attached hydrogens (tertiary/aromatic N) is 2.